The van der Waals surface area contributed by atoms with Crippen molar-refractivity contribution in [1.82, 2.24) is 15.0 Å². The lowest BCUT2D eigenvalue weighted by Gasteiger charge is -2.30. The number of hydrogen-bond acceptors (Lipinski definition) is 6. The Kier molecular flexibility index (Phi) is 4.90. The second-order valence-electron chi connectivity index (χ2n) is 5.97. The van der Waals surface area contributed by atoms with Gasteiger partial charge in [0.1, 0.15) is 11.9 Å². The molecule has 1 N–H and O–H groups in total. The van der Waals surface area contributed by atoms with E-state index in [1.165, 1.54) is 19.3 Å². The Morgan fingerprint density at radius 2 is 2.32 bits per heavy atom. The van der Waals surface area contributed by atoms with Gasteiger partial charge in [-0.25, -0.2) is 0 Å². The fraction of sp³-hybridized carbons (Fsp3) is 0.625. The largest absolute Gasteiger partial charge is 0.467 e. The number of rotatable bonds is 5. The van der Waals surface area contributed by atoms with Gasteiger partial charge in [-0.3, -0.25) is 4.90 Å². The third-order valence-corrected chi connectivity index (χ3v) is 4.28. The van der Waals surface area contributed by atoms with E-state index in [2.05, 4.69) is 15.0 Å². The van der Waals surface area contributed by atoms with Crippen LogP contribution in [0, 0.1) is 6.92 Å². The van der Waals surface area contributed by atoms with Crippen LogP contribution in [-0.2, 0) is 6.54 Å². The van der Waals surface area contributed by atoms with Crippen molar-refractivity contribution < 1.29 is 14.0 Å². The van der Waals surface area contributed by atoms with Gasteiger partial charge in [0.05, 0.1) is 12.8 Å². The maximum Gasteiger partial charge on any atom is 0.223 e. The summed E-state index contributed by atoms with van der Waals surface area (Å²) in [6.07, 6.45) is 6.38. The molecular weight excluding hydrogens is 282 g/mol. The summed E-state index contributed by atoms with van der Waals surface area (Å²) in [5.41, 5.74) is 0. The molecule has 1 aliphatic heterocycles. The zero-order valence-electron chi connectivity index (χ0n) is 12.9. The van der Waals surface area contributed by atoms with Crippen LogP contribution in [0.3, 0.4) is 0 Å². The van der Waals surface area contributed by atoms with Crippen molar-refractivity contribution in [2.45, 2.75) is 57.7 Å². The van der Waals surface area contributed by atoms with Crippen molar-refractivity contribution in [2.24, 2.45) is 0 Å². The highest BCUT2D eigenvalue weighted by Gasteiger charge is 2.26. The topological polar surface area (TPSA) is 75.5 Å². The van der Waals surface area contributed by atoms with Crippen LogP contribution in [0.5, 0.6) is 0 Å². The fourth-order valence-electron chi connectivity index (χ4n) is 3.15. The highest BCUT2D eigenvalue weighted by Crippen LogP contribution is 2.27. The molecule has 2 atom stereocenters. The minimum Gasteiger partial charge on any atom is -0.467 e. The second-order valence-corrected chi connectivity index (χ2v) is 5.97. The van der Waals surface area contributed by atoms with Crippen LogP contribution in [0.2, 0.25) is 0 Å². The van der Waals surface area contributed by atoms with Gasteiger partial charge in [0.2, 0.25) is 5.89 Å². The first kappa shape index (κ1) is 15.2. The molecule has 1 saturated heterocycles. The average Bonchev–Trinajstić information content (AvgIpc) is 3.12. The Morgan fingerprint density at radius 3 is 3.05 bits per heavy atom. The fourth-order valence-corrected chi connectivity index (χ4v) is 3.15. The molecule has 120 valence electrons. The molecule has 3 rings (SSSR count). The maximum absolute atomic E-state index is 10.4. The van der Waals surface area contributed by atoms with Crippen molar-refractivity contribution in [2.75, 3.05) is 6.54 Å². The molecule has 0 aliphatic carbocycles. The zero-order chi connectivity index (χ0) is 15.4. The molecule has 2 unspecified atom stereocenters. The van der Waals surface area contributed by atoms with Crippen LogP contribution >= 0.6 is 0 Å². The van der Waals surface area contributed by atoms with E-state index in [1.807, 2.05) is 12.1 Å². The Hall–Kier alpha value is -1.66. The average molecular weight is 305 g/mol. The van der Waals surface area contributed by atoms with E-state index in [-0.39, 0.29) is 0 Å². The van der Waals surface area contributed by atoms with E-state index < -0.39 is 6.10 Å². The molecule has 2 aromatic heterocycles. The summed E-state index contributed by atoms with van der Waals surface area (Å²) in [5, 5.41) is 14.4. The van der Waals surface area contributed by atoms with Gasteiger partial charge in [0.25, 0.3) is 0 Å². The van der Waals surface area contributed by atoms with Gasteiger partial charge in [0.15, 0.2) is 5.82 Å². The van der Waals surface area contributed by atoms with Crippen LogP contribution in [0.15, 0.2) is 27.3 Å². The normalized spacial score (nSPS) is 21.6. The lowest BCUT2D eigenvalue weighted by Crippen LogP contribution is -2.35. The van der Waals surface area contributed by atoms with Crippen LogP contribution in [0.25, 0.3) is 0 Å². The lowest BCUT2D eigenvalue weighted by atomic mass is 10.0. The van der Waals surface area contributed by atoms with Crippen molar-refractivity contribution in [3.63, 3.8) is 0 Å². The molecule has 3 heterocycles. The summed E-state index contributed by atoms with van der Waals surface area (Å²) in [6.45, 7) is 3.48. The van der Waals surface area contributed by atoms with Gasteiger partial charge in [-0.05, 0) is 37.9 Å². The molecule has 1 fully saturated rings. The van der Waals surface area contributed by atoms with Gasteiger partial charge >= 0.3 is 0 Å². The van der Waals surface area contributed by atoms with Crippen LogP contribution in [0.1, 0.15) is 55.7 Å². The number of hydrogen-bond donors (Lipinski definition) is 1. The molecular formula is C16H23N3O3. The molecule has 1 aliphatic rings. The first-order valence-corrected chi connectivity index (χ1v) is 7.97. The van der Waals surface area contributed by atoms with Gasteiger partial charge < -0.3 is 14.0 Å². The number of likely N-dealkylation sites (tertiary alicyclic amines) is 1. The summed E-state index contributed by atoms with van der Waals surface area (Å²) >= 11 is 0. The second kappa shape index (κ2) is 7.07. The molecule has 22 heavy (non-hydrogen) atoms. The third kappa shape index (κ3) is 3.75. The smallest absolute Gasteiger partial charge is 0.223 e. The van der Waals surface area contributed by atoms with E-state index in [9.17, 15) is 5.11 Å². The first-order chi connectivity index (χ1) is 10.7. The standard InChI is InChI=1S/C16H23N3O3/c1-12-17-16(18-22-12)11-19-8-4-2-3-6-13(19)10-14(20)15-7-5-9-21-15/h5,7,9,13-14,20H,2-4,6,8,10-11H2,1H3. The Labute approximate surface area is 130 Å². The summed E-state index contributed by atoms with van der Waals surface area (Å²) in [4.78, 5) is 6.66. The highest BCUT2D eigenvalue weighted by atomic mass is 16.5. The van der Waals surface area contributed by atoms with E-state index >= 15 is 0 Å². The molecule has 6 nitrogen and oxygen atoms in total. The van der Waals surface area contributed by atoms with E-state index in [1.54, 1.807) is 13.2 Å². The minimum absolute atomic E-state index is 0.307. The molecule has 0 radical (unpaired) electrons. The first-order valence-electron chi connectivity index (χ1n) is 7.97. The van der Waals surface area contributed by atoms with Gasteiger partial charge in [0, 0.05) is 13.0 Å². The summed E-state index contributed by atoms with van der Waals surface area (Å²) in [5.74, 6) is 1.95. The van der Waals surface area contributed by atoms with Crippen LogP contribution in [0.4, 0.5) is 0 Å². The van der Waals surface area contributed by atoms with Crippen molar-refractivity contribution in [1.29, 1.82) is 0 Å². The lowest BCUT2D eigenvalue weighted by molar-refractivity contribution is 0.0815. The Balaban J connectivity index is 1.67. The molecule has 0 spiro atoms. The van der Waals surface area contributed by atoms with Gasteiger partial charge in [-0.15, -0.1) is 0 Å². The Bertz CT molecular complexity index is 567. The predicted octanol–water partition coefficient (Wildman–Crippen LogP) is 2.84. The molecule has 0 bridgehead atoms. The van der Waals surface area contributed by atoms with Gasteiger partial charge in [-0.2, -0.15) is 4.98 Å². The number of aliphatic hydroxyl groups is 1. The summed E-state index contributed by atoms with van der Waals surface area (Å²) < 4.78 is 10.4. The summed E-state index contributed by atoms with van der Waals surface area (Å²) in [6, 6.07) is 3.95. The van der Waals surface area contributed by atoms with Crippen molar-refractivity contribution in [3.8, 4) is 0 Å². The maximum atomic E-state index is 10.4. The number of aromatic nitrogens is 2. The zero-order valence-corrected chi connectivity index (χ0v) is 12.9. The number of nitrogens with zero attached hydrogens (tertiary/aromatic N) is 3. The number of furan rings is 1. The van der Waals surface area contributed by atoms with E-state index in [0.717, 1.165) is 18.8 Å². The van der Waals surface area contributed by atoms with E-state index in [0.29, 0.717) is 30.7 Å². The minimum atomic E-state index is -0.562. The quantitative estimate of drug-likeness (QED) is 0.915. The number of aryl methyl sites for hydroxylation is 1. The highest BCUT2D eigenvalue weighted by molar-refractivity contribution is 5.02. The van der Waals surface area contributed by atoms with Gasteiger partial charge in [-0.1, -0.05) is 18.0 Å². The van der Waals surface area contributed by atoms with Crippen molar-refractivity contribution in [3.05, 3.63) is 35.9 Å². The van der Waals surface area contributed by atoms with Crippen molar-refractivity contribution >= 4 is 0 Å². The Morgan fingerprint density at radius 1 is 1.41 bits per heavy atom. The summed E-state index contributed by atoms with van der Waals surface area (Å²) in [7, 11) is 0. The molecule has 2 aromatic rings. The van der Waals surface area contributed by atoms with E-state index in [4.69, 9.17) is 8.94 Å². The molecule has 0 saturated carbocycles. The molecule has 0 aromatic carbocycles. The predicted molar refractivity (Wildman–Crippen MR) is 80.0 cm³/mol. The monoisotopic (exact) mass is 305 g/mol. The number of aliphatic hydroxyl groups excluding tert-OH is 1. The van der Waals surface area contributed by atoms with Crippen LogP contribution in [-0.4, -0.2) is 32.7 Å². The SMILES string of the molecule is Cc1nc(CN2CCCCCC2CC(O)c2ccco2)no1. The molecule has 0 amide bonds. The molecule has 6 heteroatoms. The van der Waals surface area contributed by atoms with Crippen LogP contribution < -0.4 is 0 Å². The third-order valence-electron chi connectivity index (χ3n) is 4.28.